The van der Waals surface area contributed by atoms with Crippen LogP contribution in [0, 0.1) is 24.7 Å². The fraction of sp³-hybridized carbons (Fsp3) is 0.652. The number of rotatable bonds is 5. The lowest BCUT2D eigenvalue weighted by Crippen LogP contribution is -2.37. The van der Waals surface area contributed by atoms with Crippen LogP contribution in [-0.2, 0) is 26.2 Å². The van der Waals surface area contributed by atoms with Crippen LogP contribution in [0.4, 0.5) is 0 Å². The summed E-state index contributed by atoms with van der Waals surface area (Å²) in [6.07, 6.45) is 7.34. The third-order valence-electron chi connectivity index (χ3n) is 7.15. The summed E-state index contributed by atoms with van der Waals surface area (Å²) in [4.78, 5) is 27.1. The molecule has 2 atom stereocenters. The normalized spacial score (nSPS) is 29.9. The number of amides is 2. The van der Waals surface area contributed by atoms with Gasteiger partial charge in [-0.2, -0.15) is 0 Å². The molecule has 0 radical (unpaired) electrons. The molecule has 2 aliphatic carbocycles. The molecule has 2 amide bonds. The molecule has 4 rings (SSSR count). The number of hydrogen-bond acceptors (Lipinski definition) is 4. The number of fused-ring (bicyclic) bond motifs is 1. The van der Waals surface area contributed by atoms with Gasteiger partial charge in [-0.3, -0.25) is 14.5 Å². The lowest BCUT2D eigenvalue weighted by Gasteiger charge is -2.27. The Labute approximate surface area is 179 Å². The smallest absolute Gasteiger partial charge is 0.241 e. The average Bonchev–Trinajstić information content (AvgIpc) is 2.96. The first-order valence-corrected chi connectivity index (χ1v) is 12.7. The molecular weight excluding hydrogens is 400 g/mol. The Morgan fingerprint density at radius 1 is 0.967 bits per heavy atom. The number of nitrogens with one attached hydrogen (secondary N) is 1. The van der Waals surface area contributed by atoms with Crippen molar-refractivity contribution in [3.05, 3.63) is 29.3 Å². The fourth-order valence-electron chi connectivity index (χ4n) is 5.26. The predicted octanol–water partition coefficient (Wildman–Crippen LogP) is 3.53. The van der Waals surface area contributed by atoms with Gasteiger partial charge in [0.25, 0.3) is 0 Å². The van der Waals surface area contributed by atoms with Gasteiger partial charge in [0.1, 0.15) is 0 Å². The Kier molecular flexibility index (Phi) is 6.04. The fourth-order valence-corrected chi connectivity index (χ4v) is 6.86. The first kappa shape index (κ1) is 21.5. The molecular formula is C23H32N2O4S. The Hall–Kier alpha value is -1.73. The summed E-state index contributed by atoms with van der Waals surface area (Å²) in [5.41, 5.74) is 1.35. The SMILES string of the molecule is Cc1ccc(CN2C(=O)[C@@H]3CCCC[C@H]3C2=O)cc1S(=O)(=O)NC1CCC(C)CC1. The van der Waals surface area contributed by atoms with Crippen molar-refractivity contribution in [3.63, 3.8) is 0 Å². The number of nitrogens with zero attached hydrogens (tertiary/aromatic N) is 1. The van der Waals surface area contributed by atoms with Crippen LogP contribution in [0.15, 0.2) is 23.1 Å². The zero-order chi connectivity index (χ0) is 21.5. The van der Waals surface area contributed by atoms with E-state index in [1.165, 1.54) is 4.90 Å². The van der Waals surface area contributed by atoms with E-state index in [1.807, 2.05) is 6.07 Å². The number of likely N-dealkylation sites (tertiary alicyclic amines) is 1. The number of imide groups is 1. The second kappa shape index (κ2) is 8.42. The molecule has 1 heterocycles. The highest BCUT2D eigenvalue weighted by atomic mass is 32.2. The summed E-state index contributed by atoms with van der Waals surface area (Å²) >= 11 is 0. The van der Waals surface area contributed by atoms with Crippen LogP contribution in [0.3, 0.4) is 0 Å². The van der Waals surface area contributed by atoms with Gasteiger partial charge in [-0.05, 0) is 68.6 Å². The third kappa shape index (κ3) is 4.19. The molecule has 30 heavy (non-hydrogen) atoms. The highest BCUT2D eigenvalue weighted by molar-refractivity contribution is 7.89. The molecule has 6 nitrogen and oxygen atoms in total. The minimum absolute atomic E-state index is 0.0286. The molecule has 1 aromatic carbocycles. The van der Waals surface area contributed by atoms with Crippen LogP contribution in [-0.4, -0.2) is 31.2 Å². The van der Waals surface area contributed by atoms with Gasteiger partial charge in [0.15, 0.2) is 0 Å². The number of carbonyl (C=O) groups is 2. The van der Waals surface area contributed by atoms with Crippen LogP contribution < -0.4 is 4.72 Å². The van der Waals surface area contributed by atoms with Crippen molar-refractivity contribution in [2.75, 3.05) is 0 Å². The van der Waals surface area contributed by atoms with E-state index < -0.39 is 10.0 Å². The summed E-state index contributed by atoms with van der Waals surface area (Å²) in [6, 6.07) is 5.19. The molecule has 1 N–H and O–H groups in total. The molecule has 7 heteroatoms. The van der Waals surface area contributed by atoms with Crippen LogP contribution >= 0.6 is 0 Å². The second-order valence-electron chi connectivity index (χ2n) is 9.44. The zero-order valence-electron chi connectivity index (χ0n) is 17.9. The molecule has 1 aliphatic heterocycles. The van der Waals surface area contributed by atoms with Gasteiger partial charge in [0, 0.05) is 6.04 Å². The molecule has 3 aliphatic rings. The monoisotopic (exact) mass is 432 g/mol. The largest absolute Gasteiger partial charge is 0.278 e. The van der Waals surface area contributed by atoms with E-state index in [0.29, 0.717) is 17.0 Å². The molecule has 0 aromatic heterocycles. The van der Waals surface area contributed by atoms with Gasteiger partial charge in [-0.15, -0.1) is 0 Å². The summed E-state index contributed by atoms with van der Waals surface area (Å²) in [5.74, 6) is 0.0915. The van der Waals surface area contributed by atoms with Crippen molar-refractivity contribution >= 4 is 21.8 Å². The molecule has 2 saturated carbocycles. The molecule has 1 saturated heterocycles. The Balaban J connectivity index is 1.52. The van der Waals surface area contributed by atoms with Crippen molar-refractivity contribution in [2.45, 2.75) is 82.7 Å². The maximum Gasteiger partial charge on any atom is 0.241 e. The van der Waals surface area contributed by atoms with E-state index in [1.54, 1.807) is 19.1 Å². The molecule has 1 aromatic rings. The van der Waals surface area contributed by atoms with E-state index in [-0.39, 0.29) is 41.1 Å². The summed E-state index contributed by atoms with van der Waals surface area (Å²) in [7, 11) is -3.65. The standard InChI is InChI=1S/C23H32N2O4S/c1-15-7-11-18(12-8-15)24-30(28,29)21-13-17(10-9-16(21)2)14-25-22(26)19-5-3-4-6-20(19)23(25)27/h9-10,13,15,18-20,24H,3-8,11-12,14H2,1-2H3/t15?,18?,19-,20-/m1/s1. The maximum absolute atomic E-state index is 13.1. The minimum Gasteiger partial charge on any atom is -0.278 e. The molecule has 0 spiro atoms. The van der Waals surface area contributed by atoms with Crippen molar-refractivity contribution in [1.29, 1.82) is 0 Å². The van der Waals surface area contributed by atoms with E-state index in [4.69, 9.17) is 0 Å². The first-order chi connectivity index (χ1) is 14.3. The van der Waals surface area contributed by atoms with E-state index >= 15 is 0 Å². The van der Waals surface area contributed by atoms with Crippen molar-refractivity contribution < 1.29 is 18.0 Å². The number of sulfonamides is 1. The topological polar surface area (TPSA) is 83.6 Å². The lowest BCUT2D eigenvalue weighted by atomic mass is 9.81. The first-order valence-electron chi connectivity index (χ1n) is 11.2. The van der Waals surface area contributed by atoms with Gasteiger partial charge < -0.3 is 0 Å². The summed E-state index contributed by atoms with van der Waals surface area (Å²) in [6.45, 7) is 4.13. The Bertz CT molecular complexity index is 911. The predicted molar refractivity (Wildman–Crippen MR) is 114 cm³/mol. The quantitative estimate of drug-likeness (QED) is 0.722. The summed E-state index contributed by atoms with van der Waals surface area (Å²) in [5, 5.41) is 0. The van der Waals surface area contributed by atoms with Crippen LogP contribution in [0.25, 0.3) is 0 Å². The maximum atomic E-state index is 13.1. The second-order valence-corrected chi connectivity index (χ2v) is 11.1. The average molecular weight is 433 g/mol. The number of aryl methyl sites for hydroxylation is 1. The van der Waals surface area contributed by atoms with Crippen molar-refractivity contribution in [3.8, 4) is 0 Å². The molecule has 0 unspecified atom stereocenters. The highest BCUT2D eigenvalue weighted by Crippen LogP contribution is 2.38. The zero-order valence-corrected chi connectivity index (χ0v) is 18.7. The minimum atomic E-state index is -3.65. The Morgan fingerprint density at radius 3 is 2.17 bits per heavy atom. The van der Waals surface area contributed by atoms with Crippen LogP contribution in [0.1, 0.15) is 69.4 Å². The molecule has 0 bridgehead atoms. The van der Waals surface area contributed by atoms with E-state index in [9.17, 15) is 18.0 Å². The van der Waals surface area contributed by atoms with Gasteiger partial charge in [0.2, 0.25) is 21.8 Å². The van der Waals surface area contributed by atoms with Gasteiger partial charge in [-0.25, -0.2) is 13.1 Å². The van der Waals surface area contributed by atoms with Crippen LogP contribution in [0.5, 0.6) is 0 Å². The van der Waals surface area contributed by atoms with Crippen molar-refractivity contribution in [1.82, 2.24) is 9.62 Å². The number of benzene rings is 1. The van der Waals surface area contributed by atoms with Gasteiger partial charge >= 0.3 is 0 Å². The number of hydrogen-bond donors (Lipinski definition) is 1. The van der Waals surface area contributed by atoms with Crippen LogP contribution in [0.2, 0.25) is 0 Å². The van der Waals surface area contributed by atoms with E-state index in [2.05, 4.69) is 11.6 Å². The lowest BCUT2D eigenvalue weighted by molar-refractivity contribution is -0.140. The van der Waals surface area contributed by atoms with Gasteiger partial charge in [-0.1, -0.05) is 31.9 Å². The highest BCUT2D eigenvalue weighted by Gasteiger charge is 2.47. The van der Waals surface area contributed by atoms with Crippen molar-refractivity contribution in [2.24, 2.45) is 17.8 Å². The number of carbonyl (C=O) groups excluding carboxylic acids is 2. The Morgan fingerprint density at radius 2 is 1.57 bits per heavy atom. The third-order valence-corrected chi connectivity index (χ3v) is 8.82. The molecule has 164 valence electrons. The van der Waals surface area contributed by atoms with Gasteiger partial charge in [0.05, 0.1) is 23.3 Å². The molecule has 3 fully saturated rings. The summed E-state index contributed by atoms with van der Waals surface area (Å²) < 4.78 is 29.0. The van der Waals surface area contributed by atoms with E-state index in [0.717, 1.165) is 51.4 Å².